The van der Waals surface area contributed by atoms with E-state index in [1.807, 2.05) is 19.1 Å². The van der Waals surface area contributed by atoms with Gasteiger partial charge in [0.25, 0.3) is 5.91 Å². The van der Waals surface area contributed by atoms with E-state index < -0.39 is 10.0 Å². The zero-order chi connectivity index (χ0) is 20.6. The first-order valence-electron chi connectivity index (χ1n) is 9.98. The Morgan fingerprint density at radius 2 is 1.83 bits per heavy atom. The van der Waals surface area contributed by atoms with Crippen molar-refractivity contribution in [2.75, 3.05) is 26.3 Å². The van der Waals surface area contributed by atoms with E-state index >= 15 is 0 Å². The second-order valence-corrected chi connectivity index (χ2v) is 9.83. The fourth-order valence-corrected chi connectivity index (χ4v) is 5.21. The lowest BCUT2D eigenvalue weighted by Gasteiger charge is -2.25. The van der Waals surface area contributed by atoms with Gasteiger partial charge in [-0.15, -0.1) is 0 Å². The van der Waals surface area contributed by atoms with Gasteiger partial charge < -0.3 is 14.6 Å². The molecule has 1 amide bonds. The number of carbonyl (C=O) groups is 1. The molecule has 2 aliphatic rings. The summed E-state index contributed by atoms with van der Waals surface area (Å²) in [5.74, 6) is 0.173. The summed E-state index contributed by atoms with van der Waals surface area (Å²) in [6, 6.07) is 9.62. The minimum absolute atomic E-state index is 0.0581. The van der Waals surface area contributed by atoms with Crippen molar-refractivity contribution in [1.82, 2.24) is 14.2 Å². The van der Waals surface area contributed by atoms with Gasteiger partial charge in [0.15, 0.2) is 0 Å². The van der Waals surface area contributed by atoms with Crippen molar-refractivity contribution in [3.05, 3.63) is 53.3 Å². The van der Waals surface area contributed by atoms with Gasteiger partial charge in [-0.25, -0.2) is 8.42 Å². The largest absolute Gasteiger partial charge is 0.379 e. The van der Waals surface area contributed by atoms with Crippen LogP contribution in [-0.4, -0.2) is 49.5 Å². The highest BCUT2D eigenvalue weighted by molar-refractivity contribution is 7.89. The molecule has 0 radical (unpaired) electrons. The maximum Gasteiger partial charge on any atom is 0.268 e. The molecule has 8 heteroatoms. The Balaban J connectivity index is 1.55. The van der Waals surface area contributed by atoms with Gasteiger partial charge in [-0.3, -0.25) is 4.79 Å². The Labute approximate surface area is 171 Å². The number of nitrogens with one attached hydrogen (secondary N) is 1. The van der Waals surface area contributed by atoms with Crippen molar-refractivity contribution in [2.24, 2.45) is 13.0 Å². The highest BCUT2D eigenvalue weighted by atomic mass is 32.2. The van der Waals surface area contributed by atoms with E-state index in [4.69, 9.17) is 4.74 Å². The summed E-state index contributed by atoms with van der Waals surface area (Å²) >= 11 is 0. The summed E-state index contributed by atoms with van der Waals surface area (Å²) in [4.78, 5) is 13.1. The quantitative estimate of drug-likeness (QED) is 0.782. The van der Waals surface area contributed by atoms with Crippen LogP contribution in [0.2, 0.25) is 0 Å². The van der Waals surface area contributed by atoms with Gasteiger partial charge in [0.05, 0.1) is 19.3 Å². The van der Waals surface area contributed by atoms with E-state index in [1.54, 1.807) is 11.6 Å². The Morgan fingerprint density at radius 3 is 2.45 bits per heavy atom. The fraction of sp³-hybridized carbons (Fsp3) is 0.476. The number of aryl methyl sites for hydroxylation is 2. The Bertz CT molecular complexity index is 987. The van der Waals surface area contributed by atoms with Crippen molar-refractivity contribution >= 4 is 15.9 Å². The smallest absolute Gasteiger partial charge is 0.268 e. The predicted octanol–water partition coefficient (Wildman–Crippen LogP) is 2.24. The Kier molecular flexibility index (Phi) is 5.50. The monoisotopic (exact) mass is 417 g/mol. The highest BCUT2D eigenvalue weighted by Gasteiger charge is 2.34. The molecule has 0 bridgehead atoms. The third kappa shape index (κ3) is 4.24. The summed E-state index contributed by atoms with van der Waals surface area (Å²) in [6.45, 7) is 3.47. The molecule has 4 rings (SSSR count). The van der Waals surface area contributed by atoms with Gasteiger partial charge in [-0.1, -0.05) is 29.8 Å². The normalized spacial score (nSPS) is 19.1. The van der Waals surface area contributed by atoms with Crippen LogP contribution < -0.4 is 5.32 Å². The molecule has 156 valence electrons. The van der Waals surface area contributed by atoms with Crippen LogP contribution in [0.5, 0.6) is 0 Å². The van der Waals surface area contributed by atoms with E-state index in [0.717, 1.165) is 18.4 Å². The first-order chi connectivity index (χ1) is 13.9. The maximum absolute atomic E-state index is 13.0. The van der Waals surface area contributed by atoms with E-state index in [-0.39, 0.29) is 16.8 Å². The average molecular weight is 418 g/mol. The van der Waals surface area contributed by atoms with Crippen LogP contribution in [0.4, 0.5) is 0 Å². The molecule has 2 fully saturated rings. The van der Waals surface area contributed by atoms with E-state index in [9.17, 15) is 13.2 Å². The number of carbonyl (C=O) groups excluding carboxylic acids is 1. The molecule has 0 spiro atoms. The number of nitrogens with zero attached hydrogens (tertiary/aromatic N) is 2. The van der Waals surface area contributed by atoms with Crippen molar-refractivity contribution in [3.63, 3.8) is 0 Å². The second kappa shape index (κ2) is 7.93. The zero-order valence-electron chi connectivity index (χ0n) is 16.8. The number of morpholine rings is 1. The van der Waals surface area contributed by atoms with Gasteiger partial charge in [0, 0.05) is 26.3 Å². The standard InChI is InChI=1S/C21H27N3O4S/c1-15-3-5-16(6-4-15)20(17-7-8-17)22-21(25)19-13-18(14-23(19)2)29(26,27)24-9-11-28-12-10-24/h3-6,13-14,17,20H,7-12H2,1-2H3,(H,22,25)/t20-/m1/s1. The summed E-state index contributed by atoms with van der Waals surface area (Å²) in [5, 5.41) is 3.13. The van der Waals surface area contributed by atoms with Gasteiger partial charge >= 0.3 is 0 Å². The molecule has 1 N–H and O–H groups in total. The lowest BCUT2D eigenvalue weighted by atomic mass is 10.0. The van der Waals surface area contributed by atoms with Crippen molar-refractivity contribution in [2.45, 2.75) is 30.7 Å². The fourth-order valence-electron chi connectivity index (χ4n) is 3.73. The van der Waals surface area contributed by atoms with E-state index in [0.29, 0.717) is 37.9 Å². The van der Waals surface area contributed by atoms with Crippen LogP contribution in [0.15, 0.2) is 41.4 Å². The van der Waals surface area contributed by atoms with Gasteiger partial charge in [-0.05, 0) is 37.3 Å². The van der Waals surface area contributed by atoms with Crippen molar-refractivity contribution < 1.29 is 17.9 Å². The number of sulfonamides is 1. The minimum atomic E-state index is -3.63. The van der Waals surface area contributed by atoms with Crippen LogP contribution in [-0.2, 0) is 21.8 Å². The Hall–Kier alpha value is -2.16. The molecular weight excluding hydrogens is 390 g/mol. The number of hydrogen-bond donors (Lipinski definition) is 1. The van der Waals surface area contributed by atoms with Crippen LogP contribution in [0, 0.1) is 12.8 Å². The Morgan fingerprint density at radius 1 is 1.17 bits per heavy atom. The summed E-state index contributed by atoms with van der Waals surface area (Å²) in [5.41, 5.74) is 2.60. The molecule has 7 nitrogen and oxygen atoms in total. The van der Waals surface area contributed by atoms with E-state index in [1.165, 1.54) is 22.1 Å². The zero-order valence-corrected chi connectivity index (χ0v) is 17.6. The van der Waals surface area contributed by atoms with Crippen LogP contribution >= 0.6 is 0 Å². The molecule has 1 aromatic carbocycles. The van der Waals surface area contributed by atoms with Gasteiger partial charge in [-0.2, -0.15) is 4.31 Å². The van der Waals surface area contributed by atoms with Crippen LogP contribution in [0.1, 0.15) is 40.5 Å². The van der Waals surface area contributed by atoms with Crippen LogP contribution in [0.25, 0.3) is 0 Å². The molecule has 2 heterocycles. The first-order valence-corrected chi connectivity index (χ1v) is 11.4. The van der Waals surface area contributed by atoms with Gasteiger partial charge in [0.1, 0.15) is 10.6 Å². The average Bonchev–Trinajstić information content (AvgIpc) is 3.48. The molecule has 1 atom stereocenters. The molecule has 29 heavy (non-hydrogen) atoms. The molecular formula is C21H27N3O4S. The highest BCUT2D eigenvalue weighted by Crippen LogP contribution is 2.41. The molecule has 1 saturated heterocycles. The summed E-state index contributed by atoms with van der Waals surface area (Å²) in [6.07, 6.45) is 3.68. The molecule has 1 aliphatic carbocycles. The first kappa shape index (κ1) is 20.1. The SMILES string of the molecule is Cc1ccc([C@@H](NC(=O)c2cc(S(=O)(=O)N3CCOCC3)cn2C)C2CC2)cc1. The number of rotatable bonds is 6. The topological polar surface area (TPSA) is 80.6 Å². The van der Waals surface area contributed by atoms with Crippen molar-refractivity contribution in [3.8, 4) is 0 Å². The second-order valence-electron chi connectivity index (χ2n) is 7.89. The minimum Gasteiger partial charge on any atom is -0.379 e. The molecule has 2 aromatic rings. The molecule has 1 saturated carbocycles. The lowest BCUT2D eigenvalue weighted by Crippen LogP contribution is -2.40. The molecule has 1 aliphatic heterocycles. The number of benzene rings is 1. The summed E-state index contributed by atoms with van der Waals surface area (Å²) in [7, 11) is -1.93. The third-order valence-corrected chi connectivity index (χ3v) is 7.50. The third-order valence-electron chi connectivity index (χ3n) is 5.64. The van der Waals surface area contributed by atoms with Crippen LogP contribution in [0.3, 0.4) is 0 Å². The number of aromatic nitrogens is 1. The maximum atomic E-state index is 13.0. The van der Waals surface area contributed by atoms with Crippen molar-refractivity contribution in [1.29, 1.82) is 0 Å². The molecule has 0 unspecified atom stereocenters. The van der Waals surface area contributed by atoms with Gasteiger partial charge in [0.2, 0.25) is 10.0 Å². The summed E-state index contributed by atoms with van der Waals surface area (Å²) < 4.78 is 34.0. The lowest BCUT2D eigenvalue weighted by molar-refractivity contribution is 0.0730. The number of hydrogen-bond acceptors (Lipinski definition) is 4. The molecule has 1 aromatic heterocycles. The number of ether oxygens (including phenoxy) is 1. The number of amides is 1. The van der Waals surface area contributed by atoms with E-state index in [2.05, 4.69) is 17.4 Å². The predicted molar refractivity (Wildman–Crippen MR) is 109 cm³/mol.